The Labute approximate surface area is 170 Å². The number of benzene rings is 2. The van der Waals surface area contributed by atoms with Crippen molar-refractivity contribution in [2.75, 3.05) is 26.7 Å². The molecule has 0 spiro atoms. The maximum absolute atomic E-state index is 13.1. The van der Waals surface area contributed by atoms with Crippen LogP contribution >= 0.6 is 0 Å². The van der Waals surface area contributed by atoms with E-state index in [0.717, 1.165) is 36.5 Å². The van der Waals surface area contributed by atoms with Crippen LogP contribution in [0.2, 0.25) is 0 Å². The van der Waals surface area contributed by atoms with Gasteiger partial charge >= 0.3 is 5.97 Å². The number of nitrogens with zero attached hydrogens (tertiary/aromatic N) is 2. The summed E-state index contributed by atoms with van der Waals surface area (Å²) in [5.74, 6) is -0.578. The van der Waals surface area contributed by atoms with Crippen molar-refractivity contribution in [2.24, 2.45) is 5.92 Å². The van der Waals surface area contributed by atoms with Gasteiger partial charge < -0.3 is 14.5 Å². The van der Waals surface area contributed by atoms with Crippen LogP contribution in [-0.2, 0) is 14.3 Å². The van der Waals surface area contributed by atoms with Crippen molar-refractivity contribution in [3.63, 3.8) is 0 Å². The Morgan fingerprint density at radius 1 is 0.966 bits per heavy atom. The van der Waals surface area contributed by atoms with Gasteiger partial charge in [0.25, 0.3) is 5.91 Å². The number of methoxy groups -OCH3 is 1. The molecule has 4 rings (SSSR count). The average molecular weight is 394 g/mol. The predicted molar refractivity (Wildman–Crippen MR) is 109 cm³/mol. The van der Waals surface area contributed by atoms with Crippen molar-refractivity contribution in [3.05, 3.63) is 48.0 Å². The minimum Gasteiger partial charge on any atom is -0.467 e. The van der Waals surface area contributed by atoms with Gasteiger partial charge in [0.1, 0.15) is 6.04 Å². The Kier molecular flexibility index (Phi) is 5.51. The van der Waals surface area contributed by atoms with Crippen LogP contribution in [0, 0.1) is 5.92 Å². The number of carbonyl (C=O) groups is 3. The first-order chi connectivity index (χ1) is 14.1. The molecule has 29 heavy (non-hydrogen) atoms. The number of esters is 1. The molecule has 1 unspecified atom stereocenters. The zero-order valence-corrected chi connectivity index (χ0v) is 16.7. The molecule has 2 aliphatic rings. The maximum atomic E-state index is 13.1. The molecule has 2 aromatic rings. The number of hydrogen-bond acceptors (Lipinski definition) is 4. The zero-order chi connectivity index (χ0) is 20.4. The van der Waals surface area contributed by atoms with E-state index in [1.165, 1.54) is 7.11 Å². The average Bonchev–Trinajstić information content (AvgIpc) is 3.32. The molecule has 1 aliphatic heterocycles. The molecule has 0 radical (unpaired) electrons. The molecule has 0 N–H and O–H groups in total. The fourth-order valence-electron chi connectivity index (χ4n) is 4.48. The Morgan fingerprint density at radius 2 is 1.69 bits per heavy atom. The van der Waals surface area contributed by atoms with E-state index in [9.17, 15) is 14.4 Å². The first-order valence-corrected chi connectivity index (χ1v) is 10.2. The van der Waals surface area contributed by atoms with Crippen LogP contribution in [0.3, 0.4) is 0 Å². The lowest BCUT2D eigenvalue weighted by Gasteiger charge is -2.40. The van der Waals surface area contributed by atoms with Gasteiger partial charge in [0.15, 0.2) is 0 Å². The SMILES string of the molecule is COC(=O)C1CN(C(=O)c2ccc3ccccc3c2)CCN1C(=O)C1CCCC1. The molecule has 1 aliphatic carbocycles. The molecule has 0 bridgehead atoms. The minimum absolute atomic E-state index is 0.00936. The lowest BCUT2D eigenvalue weighted by atomic mass is 10.0. The van der Waals surface area contributed by atoms with Gasteiger partial charge in [-0.15, -0.1) is 0 Å². The minimum atomic E-state index is -0.744. The Balaban J connectivity index is 1.53. The van der Waals surface area contributed by atoms with Crippen molar-refractivity contribution < 1.29 is 19.1 Å². The molecular weight excluding hydrogens is 368 g/mol. The summed E-state index contributed by atoms with van der Waals surface area (Å²) >= 11 is 0. The van der Waals surface area contributed by atoms with Crippen molar-refractivity contribution in [3.8, 4) is 0 Å². The molecule has 1 atom stereocenters. The number of hydrogen-bond donors (Lipinski definition) is 0. The topological polar surface area (TPSA) is 66.9 Å². The van der Waals surface area contributed by atoms with Crippen LogP contribution in [0.1, 0.15) is 36.0 Å². The molecule has 2 amide bonds. The molecule has 1 saturated carbocycles. The van der Waals surface area contributed by atoms with Crippen molar-refractivity contribution in [1.29, 1.82) is 0 Å². The third-order valence-electron chi connectivity index (χ3n) is 6.12. The van der Waals surface area contributed by atoms with Gasteiger partial charge in [-0.2, -0.15) is 0 Å². The van der Waals surface area contributed by atoms with E-state index >= 15 is 0 Å². The van der Waals surface area contributed by atoms with Gasteiger partial charge in [0.05, 0.1) is 13.7 Å². The molecule has 2 aromatic carbocycles. The second-order valence-corrected chi connectivity index (χ2v) is 7.87. The van der Waals surface area contributed by atoms with Crippen molar-refractivity contribution >= 4 is 28.6 Å². The van der Waals surface area contributed by atoms with Gasteiger partial charge in [0, 0.05) is 24.6 Å². The molecular formula is C23H26N2O4. The van der Waals surface area contributed by atoms with E-state index in [2.05, 4.69) is 0 Å². The third-order valence-corrected chi connectivity index (χ3v) is 6.12. The molecule has 152 valence electrons. The van der Waals surface area contributed by atoms with Crippen molar-refractivity contribution in [1.82, 2.24) is 9.80 Å². The Hall–Kier alpha value is -2.89. The normalized spacial score (nSPS) is 20.1. The number of amides is 2. The van der Waals surface area contributed by atoms with E-state index in [4.69, 9.17) is 4.74 Å². The standard InChI is InChI=1S/C23H26N2O4/c1-29-23(28)20-15-24(12-13-25(20)22(27)17-7-3-4-8-17)21(26)19-11-10-16-6-2-5-9-18(16)14-19/h2,5-6,9-11,14,17,20H,3-4,7-8,12-13,15H2,1H3. The largest absolute Gasteiger partial charge is 0.467 e. The van der Waals surface area contributed by atoms with E-state index in [-0.39, 0.29) is 24.3 Å². The summed E-state index contributed by atoms with van der Waals surface area (Å²) in [6, 6.07) is 12.8. The number of fused-ring (bicyclic) bond motifs is 1. The number of carbonyl (C=O) groups excluding carboxylic acids is 3. The van der Waals surface area contributed by atoms with E-state index < -0.39 is 12.0 Å². The summed E-state index contributed by atoms with van der Waals surface area (Å²) in [5, 5.41) is 2.07. The van der Waals surface area contributed by atoms with Gasteiger partial charge in [-0.05, 0) is 35.7 Å². The Bertz CT molecular complexity index is 935. The second-order valence-electron chi connectivity index (χ2n) is 7.87. The van der Waals surface area contributed by atoms with Crippen LogP contribution in [0.15, 0.2) is 42.5 Å². The molecule has 2 fully saturated rings. The number of piperazine rings is 1. The fraction of sp³-hybridized carbons (Fsp3) is 0.435. The highest BCUT2D eigenvalue weighted by molar-refractivity contribution is 5.99. The zero-order valence-electron chi connectivity index (χ0n) is 16.7. The first-order valence-electron chi connectivity index (χ1n) is 10.2. The van der Waals surface area contributed by atoms with Gasteiger partial charge in [-0.1, -0.05) is 43.2 Å². The summed E-state index contributed by atoms with van der Waals surface area (Å²) in [7, 11) is 1.32. The van der Waals surface area contributed by atoms with Crippen LogP contribution in [0.25, 0.3) is 10.8 Å². The summed E-state index contributed by atoms with van der Waals surface area (Å²) < 4.78 is 4.95. The molecule has 1 heterocycles. The molecule has 6 nitrogen and oxygen atoms in total. The molecule has 1 saturated heterocycles. The van der Waals surface area contributed by atoms with Crippen molar-refractivity contribution in [2.45, 2.75) is 31.7 Å². The first kappa shape index (κ1) is 19.4. The molecule has 6 heteroatoms. The molecule has 0 aromatic heterocycles. The Morgan fingerprint density at radius 3 is 2.41 bits per heavy atom. The van der Waals surface area contributed by atoms with Gasteiger partial charge in [-0.3, -0.25) is 9.59 Å². The number of rotatable bonds is 3. The highest BCUT2D eigenvalue weighted by Crippen LogP contribution is 2.28. The lowest BCUT2D eigenvalue weighted by Crippen LogP contribution is -2.60. The fourth-order valence-corrected chi connectivity index (χ4v) is 4.48. The predicted octanol–water partition coefficient (Wildman–Crippen LogP) is 2.86. The highest BCUT2D eigenvalue weighted by atomic mass is 16.5. The second kappa shape index (κ2) is 8.23. The van der Waals surface area contributed by atoms with Crippen LogP contribution in [0.4, 0.5) is 0 Å². The smallest absolute Gasteiger partial charge is 0.330 e. The maximum Gasteiger partial charge on any atom is 0.330 e. The summed E-state index contributed by atoms with van der Waals surface area (Å²) in [4.78, 5) is 41.8. The monoisotopic (exact) mass is 394 g/mol. The van der Waals surface area contributed by atoms with Crippen LogP contribution in [-0.4, -0.2) is 60.4 Å². The lowest BCUT2D eigenvalue weighted by molar-refractivity contribution is -0.157. The highest BCUT2D eigenvalue weighted by Gasteiger charge is 2.40. The van der Waals surface area contributed by atoms with Gasteiger partial charge in [-0.25, -0.2) is 4.79 Å². The summed E-state index contributed by atoms with van der Waals surface area (Å²) in [6.07, 6.45) is 3.87. The van der Waals surface area contributed by atoms with Crippen LogP contribution < -0.4 is 0 Å². The van der Waals surface area contributed by atoms with E-state index in [1.807, 2.05) is 42.5 Å². The van der Waals surface area contributed by atoms with E-state index in [1.54, 1.807) is 9.80 Å². The third kappa shape index (κ3) is 3.84. The summed E-state index contributed by atoms with van der Waals surface area (Å²) in [5.41, 5.74) is 0.586. The quantitative estimate of drug-likeness (QED) is 0.751. The van der Waals surface area contributed by atoms with E-state index in [0.29, 0.717) is 18.7 Å². The van der Waals surface area contributed by atoms with Gasteiger partial charge in [0.2, 0.25) is 5.91 Å². The van der Waals surface area contributed by atoms with Crippen LogP contribution in [0.5, 0.6) is 0 Å². The summed E-state index contributed by atoms with van der Waals surface area (Å²) in [6.45, 7) is 0.933. The number of ether oxygens (including phenoxy) is 1.